The fourth-order valence-electron chi connectivity index (χ4n) is 4.50. The smallest absolute Gasteiger partial charge is 0.411 e. The second-order valence-corrected chi connectivity index (χ2v) is 7.31. The summed E-state index contributed by atoms with van der Waals surface area (Å²) in [5, 5.41) is 0. The fraction of sp³-hybridized carbons (Fsp3) is 0.550. The van der Waals surface area contributed by atoms with Crippen molar-refractivity contribution in [2.45, 2.75) is 51.1 Å². The molecule has 6 nitrogen and oxygen atoms in total. The molecule has 2 aliphatic rings. The van der Waals surface area contributed by atoms with Crippen LogP contribution in [0.4, 0.5) is 10.5 Å². The van der Waals surface area contributed by atoms with Gasteiger partial charge in [-0.2, -0.15) is 0 Å². The van der Waals surface area contributed by atoms with Crippen molar-refractivity contribution >= 4 is 23.3 Å². The second kappa shape index (κ2) is 7.09. The van der Waals surface area contributed by atoms with Crippen molar-refractivity contribution in [3.05, 3.63) is 29.8 Å². The number of hydrogen-bond donors (Lipinski definition) is 0. The molecule has 1 amide bonds. The molecule has 1 fully saturated rings. The van der Waals surface area contributed by atoms with Crippen LogP contribution in [0, 0.1) is 0 Å². The van der Waals surface area contributed by atoms with Crippen molar-refractivity contribution in [1.82, 2.24) is 4.90 Å². The number of nitrogens with zero attached hydrogens (tertiary/aromatic N) is 2. The highest BCUT2D eigenvalue weighted by Crippen LogP contribution is 2.54. The van der Waals surface area contributed by atoms with Crippen LogP contribution in [0.2, 0.25) is 0 Å². The van der Waals surface area contributed by atoms with E-state index in [4.69, 9.17) is 4.74 Å². The van der Waals surface area contributed by atoms with E-state index in [-0.39, 0.29) is 29.2 Å². The normalized spacial score (nSPS) is 23.6. The first kappa shape index (κ1) is 18.4. The quantitative estimate of drug-likeness (QED) is 0.782. The molecule has 0 saturated carbocycles. The summed E-state index contributed by atoms with van der Waals surface area (Å²) in [6, 6.07) is 8.11. The molecule has 1 aromatic carbocycles. The van der Waals surface area contributed by atoms with Crippen LogP contribution in [0.3, 0.4) is 0 Å². The molecule has 140 valence electrons. The van der Waals surface area contributed by atoms with Gasteiger partial charge < -0.3 is 14.4 Å². The summed E-state index contributed by atoms with van der Waals surface area (Å²) < 4.78 is 5.01. The third kappa shape index (κ3) is 2.97. The van der Waals surface area contributed by atoms with Crippen molar-refractivity contribution in [3.63, 3.8) is 0 Å². The van der Waals surface area contributed by atoms with Crippen molar-refractivity contribution in [1.29, 1.82) is 0 Å². The van der Waals surface area contributed by atoms with Gasteiger partial charge in [0.25, 0.3) is 0 Å². The maximum absolute atomic E-state index is 12.4. The van der Waals surface area contributed by atoms with E-state index in [0.717, 1.165) is 12.1 Å². The molecule has 2 aliphatic heterocycles. The van der Waals surface area contributed by atoms with Gasteiger partial charge in [0.15, 0.2) is 0 Å². The second-order valence-electron chi connectivity index (χ2n) is 7.31. The Balaban J connectivity index is 2.06. The van der Waals surface area contributed by atoms with Gasteiger partial charge in [-0.15, -0.1) is 0 Å². The third-order valence-electron chi connectivity index (χ3n) is 5.67. The highest BCUT2D eigenvalue weighted by atomic mass is 16.5. The molecule has 0 radical (unpaired) electrons. The molecule has 1 aromatic rings. The molecule has 2 heterocycles. The van der Waals surface area contributed by atoms with Gasteiger partial charge in [-0.1, -0.05) is 18.2 Å². The van der Waals surface area contributed by atoms with E-state index in [9.17, 15) is 14.4 Å². The van der Waals surface area contributed by atoms with Gasteiger partial charge in [-0.05, 0) is 38.3 Å². The molecule has 0 N–H and O–H groups in total. The van der Waals surface area contributed by atoms with Crippen LogP contribution in [0.15, 0.2) is 24.3 Å². The Bertz CT molecular complexity index is 732. The lowest BCUT2D eigenvalue weighted by Gasteiger charge is -2.37. The molecular weight excluding hydrogens is 332 g/mol. The molecule has 0 aromatic heterocycles. The van der Waals surface area contributed by atoms with Crippen molar-refractivity contribution in [2.24, 2.45) is 0 Å². The number of amides is 1. The first-order chi connectivity index (χ1) is 12.4. The van der Waals surface area contributed by atoms with E-state index < -0.39 is 0 Å². The standard InChI is InChI=1S/C20H26N2O4/c1-14(23)8-10-20-11-13-22(19(25)26-3)18(20)21(12-9-15(2)24)17-7-5-4-6-16(17)20/h4-7,18H,8-13H2,1-3H3/t18-,20-/m0/s1. The minimum atomic E-state index is -0.361. The summed E-state index contributed by atoms with van der Waals surface area (Å²) in [6.07, 6.45) is 1.79. The summed E-state index contributed by atoms with van der Waals surface area (Å²) in [6.45, 7) is 4.32. The molecule has 0 aliphatic carbocycles. The van der Waals surface area contributed by atoms with E-state index >= 15 is 0 Å². The summed E-state index contributed by atoms with van der Waals surface area (Å²) in [5.74, 6) is 0.264. The lowest BCUT2D eigenvalue weighted by atomic mass is 9.75. The van der Waals surface area contributed by atoms with Gasteiger partial charge in [0.05, 0.1) is 7.11 Å². The number of carbonyl (C=O) groups is 3. The number of rotatable bonds is 6. The Hall–Kier alpha value is -2.37. The van der Waals surface area contributed by atoms with Crippen LogP contribution in [0.5, 0.6) is 0 Å². The molecular formula is C20H26N2O4. The summed E-state index contributed by atoms with van der Waals surface area (Å²) >= 11 is 0. The van der Waals surface area contributed by atoms with Gasteiger partial charge in [0.1, 0.15) is 17.7 Å². The number of likely N-dealkylation sites (tertiary alicyclic amines) is 1. The molecule has 1 saturated heterocycles. The monoisotopic (exact) mass is 358 g/mol. The highest BCUT2D eigenvalue weighted by molar-refractivity contribution is 5.79. The Morgan fingerprint density at radius 2 is 1.85 bits per heavy atom. The SMILES string of the molecule is COC(=O)N1CC[C@@]2(CCC(C)=O)c3ccccc3N(CCC(C)=O)[C@@H]12. The van der Waals surface area contributed by atoms with Crippen molar-refractivity contribution < 1.29 is 19.1 Å². The van der Waals surface area contributed by atoms with Crippen LogP contribution in [-0.4, -0.2) is 48.9 Å². The van der Waals surface area contributed by atoms with Crippen LogP contribution in [-0.2, 0) is 19.7 Å². The van der Waals surface area contributed by atoms with Gasteiger partial charge in [0.2, 0.25) is 0 Å². The Morgan fingerprint density at radius 1 is 1.15 bits per heavy atom. The summed E-state index contributed by atoms with van der Waals surface area (Å²) in [5.41, 5.74) is 1.92. The van der Waals surface area contributed by atoms with Crippen LogP contribution >= 0.6 is 0 Å². The lowest BCUT2D eigenvalue weighted by molar-refractivity contribution is -0.117. The van der Waals surface area contributed by atoms with Crippen molar-refractivity contribution in [2.75, 3.05) is 25.1 Å². The van der Waals surface area contributed by atoms with Gasteiger partial charge >= 0.3 is 6.09 Å². The summed E-state index contributed by atoms with van der Waals surface area (Å²) in [7, 11) is 1.39. The maximum atomic E-state index is 12.4. The number of hydrogen-bond acceptors (Lipinski definition) is 5. The van der Waals surface area contributed by atoms with E-state index in [1.165, 1.54) is 12.7 Å². The minimum absolute atomic E-state index is 0.117. The number of benzene rings is 1. The number of fused-ring (bicyclic) bond motifs is 3. The first-order valence-electron chi connectivity index (χ1n) is 9.10. The van der Waals surface area contributed by atoms with Crippen LogP contribution < -0.4 is 4.90 Å². The van der Waals surface area contributed by atoms with Gasteiger partial charge in [-0.3, -0.25) is 9.69 Å². The molecule has 0 bridgehead atoms. The van der Waals surface area contributed by atoms with E-state index in [2.05, 4.69) is 11.0 Å². The van der Waals surface area contributed by atoms with E-state index in [0.29, 0.717) is 32.4 Å². The number of carbonyl (C=O) groups excluding carboxylic acids is 3. The van der Waals surface area contributed by atoms with E-state index in [1.54, 1.807) is 18.7 Å². The lowest BCUT2D eigenvalue weighted by Crippen LogP contribution is -2.52. The van der Waals surface area contributed by atoms with Crippen molar-refractivity contribution in [3.8, 4) is 0 Å². The number of Topliss-reactive ketones (excluding diaryl/α,β-unsaturated/α-hetero) is 2. The molecule has 2 atom stereocenters. The topological polar surface area (TPSA) is 66.9 Å². The fourth-order valence-corrected chi connectivity index (χ4v) is 4.50. The largest absolute Gasteiger partial charge is 0.453 e. The summed E-state index contributed by atoms with van der Waals surface area (Å²) in [4.78, 5) is 39.6. The molecule has 6 heteroatoms. The number of ether oxygens (including phenoxy) is 1. The predicted molar refractivity (Wildman–Crippen MR) is 98.2 cm³/mol. The molecule has 0 unspecified atom stereocenters. The average molecular weight is 358 g/mol. The molecule has 26 heavy (non-hydrogen) atoms. The maximum Gasteiger partial charge on any atom is 0.411 e. The Kier molecular flexibility index (Phi) is 5.03. The number of ketones is 2. The first-order valence-corrected chi connectivity index (χ1v) is 9.10. The zero-order valence-electron chi connectivity index (χ0n) is 15.7. The van der Waals surface area contributed by atoms with Gasteiger partial charge in [-0.25, -0.2) is 4.79 Å². The highest BCUT2D eigenvalue weighted by Gasteiger charge is 2.58. The van der Waals surface area contributed by atoms with Crippen LogP contribution in [0.1, 0.15) is 45.1 Å². The third-order valence-corrected chi connectivity index (χ3v) is 5.67. The number of methoxy groups -OCH3 is 1. The Labute approximate surface area is 154 Å². The molecule has 0 spiro atoms. The number of para-hydroxylation sites is 1. The zero-order chi connectivity index (χ0) is 18.9. The average Bonchev–Trinajstić information content (AvgIpc) is 3.11. The van der Waals surface area contributed by atoms with Crippen LogP contribution in [0.25, 0.3) is 0 Å². The Morgan fingerprint density at radius 3 is 2.50 bits per heavy atom. The zero-order valence-corrected chi connectivity index (χ0v) is 15.7. The van der Waals surface area contributed by atoms with E-state index in [1.807, 2.05) is 18.2 Å². The number of anilines is 1. The van der Waals surface area contributed by atoms with Gasteiger partial charge in [0, 0.05) is 37.0 Å². The molecule has 3 rings (SSSR count). The minimum Gasteiger partial charge on any atom is -0.453 e. The predicted octanol–water partition coefficient (Wildman–Crippen LogP) is 2.89.